The Morgan fingerprint density at radius 1 is 1.10 bits per heavy atom. The molecule has 0 aliphatic heterocycles. The number of nitrogens with zero attached hydrogens (tertiary/aromatic N) is 5. The Morgan fingerprint density at radius 2 is 1.90 bits per heavy atom. The Bertz CT molecular complexity index is 1180. The molecule has 7 nitrogen and oxygen atoms in total. The van der Waals surface area contributed by atoms with Gasteiger partial charge >= 0.3 is 0 Å². The lowest BCUT2D eigenvalue weighted by molar-refractivity contribution is 0.0951. The van der Waals surface area contributed by atoms with E-state index in [0.717, 1.165) is 12.0 Å². The van der Waals surface area contributed by atoms with Crippen LogP contribution in [0.2, 0.25) is 5.02 Å². The molecule has 1 N–H and O–H groups in total. The molecule has 0 aliphatic carbocycles. The van der Waals surface area contributed by atoms with E-state index in [9.17, 15) is 4.79 Å². The SMILES string of the molecule is CC(C)CC(CNC(=O)c1cn(-c2ncccn2)c2nccc(Cl)c12)c1cccnc1. The van der Waals surface area contributed by atoms with E-state index >= 15 is 0 Å². The monoisotopic (exact) mass is 434 g/mol. The van der Waals surface area contributed by atoms with Crippen molar-refractivity contribution in [2.75, 3.05) is 6.54 Å². The maximum Gasteiger partial charge on any atom is 0.253 e. The quantitative estimate of drug-likeness (QED) is 0.465. The molecule has 158 valence electrons. The van der Waals surface area contributed by atoms with Gasteiger partial charge in [-0.25, -0.2) is 15.0 Å². The van der Waals surface area contributed by atoms with Gasteiger partial charge in [0.25, 0.3) is 5.91 Å². The van der Waals surface area contributed by atoms with Crippen molar-refractivity contribution in [3.8, 4) is 5.95 Å². The normalized spacial score (nSPS) is 12.3. The van der Waals surface area contributed by atoms with Crippen LogP contribution in [0, 0.1) is 5.92 Å². The van der Waals surface area contributed by atoms with Gasteiger partial charge in [0, 0.05) is 49.6 Å². The summed E-state index contributed by atoms with van der Waals surface area (Å²) >= 11 is 6.45. The predicted molar refractivity (Wildman–Crippen MR) is 120 cm³/mol. The standard InChI is InChI=1S/C23H23ClN6O/c1-15(2)11-17(16-5-3-7-25-12-16)13-29-22(31)18-14-30(23-27-8-4-9-28-23)21-20(18)19(24)6-10-26-21/h3-10,12,14-15,17H,11,13H2,1-2H3,(H,29,31). The van der Waals surface area contributed by atoms with Crippen LogP contribution >= 0.6 is 11.6 Å². The van der Waals surface area contributed by atoms with Gasteiger partial charge in [0.05, 0.1) is 16.0 Å². The number of amides is 1. The highest BCUT2D eigenvalue weighted by Gasteiger charge is 2.22. The third-order valence-electron chi connectivity index (χ3n) is 5.07. The van der Waals surface area contributed by atoms with E-state index in [-0.39, 0.29) is 11.8 Å². The zero-order chi connectivity index (χ0) is 21.8. The maximum atomic E-state index is 13.2. The van der Waals surface area contributed by atoms with Crippen LogP contribution in [0.3, 0.4) is 0 Å². The van der Waals surface area contributed by atoms with Crippen molar-refractivity contribution in [1.82, 2.24) is 29.8 Å². The first kappa shape index (κ1) is 20.9. The van der Waals surface area contributed by atoms with Crippen LogP contribution in [0.15, 0.2) is 61.4 Å². The molecule has 0 bridgehead atoms. The van der Waals surface area contributed by atoms with Gasteiger partial charge in [0.2, 0.25) is 5.95 Å². The number of hydrogen-bond donors (Lipinski definition) is 1. The van der Waals surface area contributed by atoms with Crippen molar-refractivity contribution in [1.29, 1.82) is 0 Å². The summed E-state index contributed by atoms with van der Waals surface area (Å²) in [4.78, 5) is 30.4. The van der Waals surface area contributed by atoms with Crippen molar-refractivity contribution in [2.45, 2.75) is 26.2 Å². The molecule has 4 aromatic heterocycles. The van der Waals surface area contributed by atoms with Crippen LogP contribution in [0.5, 0.6) is 0 Å². The summed E-state index contributed by atoms with van der Waals surface area (Å²) < 4.78 is 1.68. The summed E-state index contributed by atoms with van der Waals surface area (Å²) in [6.45, 7) is 4.84. The zero-order valence-corrected chi connectivity index (χ0v) is 18.1. The Labute approximate surface area is 185 Å². The van der Waals surface area contributed by atoms with Crippen LogP contribution in [0.4, 0.5) is 0 Å². The van der Waals surface area contributed by atoms with Crippen LogP contribution in [0.25, 0.3) is 17.0 Å². The molecule has 1 atom stereocenters. The molecule has 0 aliphatic rings. The van der Waals surface area contributed by atoms with E-state index in [2.05, 4.69) is 39.1 Å². The minimum atomic E-state index is -0.216. The molecule has 8 heteroatoms. The highest BCUT2D eigenvalue weighted by molar-refractivity contribution is 6.36. The Kier molecular flexibility index (Phi) is 6.23. The highest BCUT2D eigenvalue weighted by Crippen LogP contribution is 2.29. The van der Waals surface area contributed by atoms with Gasteiger partial charge in [0.15, 0.2) is 0 Å². The number of hydrogen-bond acceptors (Lipinski definition) is 5. The third-order valence-corrected chi connectivity index (χ3v) is 5.38. The summed E-state index contributed by atoms with van der Waals surface area (Å²) in [6, 6.07) is 7.37. The second-order valence-electron chi connectivity index (χ2n) is 7.78. The van der Waals surface area contributed by atoms with Gasteiger partial charge in [-0.15, -0.1) is 0 Å². The van der Waals surface area contributed by atoms with E-state index in [0.29, 0.717) is 40.0 Å². The molecule has 31 heavy (non-hydrogen) atoms. The van der Waals surface area contributed by atoms with Crippen molar-refractivity contribution in [3.05, 3.63) is 77.6 Å². The van der Waals surface area contributed by atoms with E-state index in [1.54, 1.807) is 47.7 Å². The number of rotatable bonds is 7. The molecule has 0 radical (unpaired) electrons. The van der Waals surface area contributed by atoms with Crippen LogP contribution in [0.1, 0.15) is 42.1 Å². The Hall–Kier alpha value is -3.32. The second-order valence-corrected chi connectivity index (χ2v) is 8.18. The minimum absolute atomic E-state index is 0.164. The van der Waals surface area contributed by atoms with Crippen molar-refractivity contribution in [2.24, 2.45) is 5.92 Å². The molecular weight excluding hydrogens is 412 g/mol. The molecule has 0 fully saturated rings. The molecule has 0 saturated heterocycles. The smallest absolute Gasteiger partial charge is 0.253 e. The molecule has 1 unspecified atom stereocenters. The summed E-state index contributed by atoms with van der Waals surface area (Å²) in [7, 11) is 0. The van der Waals surface area contributed by atoms with Gasteiger partial charge in [-0.2, -0.15) is 0 Å². The number of pyridine rings is 2. The fourth-order valence-corrected chi connectivity index (χ4v) is 3.93. The lowest BCUT2D eigenvalue weighted by Gasteiger charge is -2.19. The average molecular weight is 435 g/mol. The summed E-state index contributed by atoms with van der Waals surface area (Å²) in [5.74, 6) is 0.858. The molecule has 4 heterocycles. The fraction of sp³-hybridized carbons (Fsp3) is 0.261. The fourth-order valence-electron chi connectivity index (χ4n) is 3.69. The molecule has 1 amide bonds. The molecule has 4 rings (SSSR count). The van der Waals surface area contributed by atoms with Gasteiger partial charge in [-0.3, -0.25) is 14.3 Å². The van der Waals surface area contributed by atoms with E-state index < -0.39 is 0 Å². The number of carbonyl (C=O) groups excluding carboxylic acids is 1. The van der Waals surface area contributed by atoms with Crippen LogP contribution < -0.4 is 5.32 Å². The molecule has 0 spiro atoms. The molecule has 0 saturated carbocycles. The number of nitrogens with one attached hydrogen (secondary N) is 1. The number of halogens is 1. The topological polar surface area (TPSA) is 85.6 Å². The van der Waals surface area contributed by atoms with Gasteiger partial charge in [-0.1, -0.05) is 31.5 Å². The first-order chi connectivity index (χ1) is 15.0. The van der Waals surface area contributed by atoms with E-state index in [4.69, 9.17) is 11.6 Å². The van der Waals surface area contributed by atoms with Gasteiger partial charge in [-0.05, 0) is 36.1 Å². The summed E-state index contributed by atoms with van der Waals surface area (Å²) in [5, 5.41) is 4.11. The third kappa shape index (κ3) is 4.56. The summed E-state index contributed by atoms with van der Waals surface area (Å²) in [5.41, 5.74) is 2.08. The lowest BCUT2D eigenvalue weighted by Crippen LogP contribution is -2.29. The second kappa shape index (κ2) is 9.22. The van der Waals surface area contributed by atoms with E-state index in [1.807, 2.05) is 18.3 Å². The van der Waals surface area contributed by atoms with E-state index in [1.165, 1.54) is 0 Å². The van der Waals surface area contributed by atoms with Crippen molar-refractivity contribution < 1.29 is 4.79 Å². The lowest BCUT2D eigenvalue weighted by atomic mass is 9.91. The minimum Gasteiger partial charge on any atom is -0.351 e. The number of aromatic nitrogens is 5. The zero-order valence-electron chi connectivity index (χ0n) is 17.4. The van der Waals surface area contributed by atoms with Gasteiger partial charge in [0.1, 0.15) is 5.65 Å². The van der Waals surface area contributed by atoms with Crippen LogP contribution in [-0.2, 0) is 0 Å². The Balaban J connectivity index is 1.65. The van der Waals surface area contributed by atoms with Crippen LogP contribution in [-0.4, -0.2) is 37.0 Å². The first-order valence-corrected chi connectivity index (χ1v) is 10.5. The number of fused-ring (bicyclic) bond motifs is 1. The number of carbonyl (C=O) groups is 1. The highest BCUT2D eigenvalue weighted by atomic mass is 35.5. The largest absolute Gasteiger partial charge is 0.351 e. The van der Waals surface area contributed by atoms with Crippen molar-refractivity contribution in [3.63, 3.8) is 0 Å². The summed E-state index contributed by atoms with van der Waals surface area (Å²) in [6.07, 6.45) is 11.1. The van der Waals surface area contributed by atoms with Crippen molar-refractivity contribution >= 4 is 28.5 Å². The average Bonchev–Trinajstić information content (AvgIpc) is 3.18. The predicted octanol–water partition coefficient (Wildman–Crippen LogP) is 4.42. The first-order valence-electron chi connectivity index (χ1n) is 10.2. The molecule has 4 aromatic rings. The maximum absolute atomic E-state index is 13.2. The molecular formula is C23H23ClN6O. The Morgan fingerprint density at radius 3 is 2.61 bits per heavy atom. The van der Waals surface area contributed by atoms with Gasteiger partial charge < -0.3 is 5.32 Å². The molecule has 0 aromatic carbocycles.